The molecule has 1 heterocycles. The number of nitrogens with one attached hydrogen (secondary N) is 1. The summed E-state index contributed by atoms with van der Waals surface area (Å²) in [6.07, 6.45) is 1.10. The normalized spacial score (nSPS) is 11.1. The molecule has 2 rings (SSSR count). The first-order valence-electron chi connectivity index (χ1n) is 6.60. The van der Waals surface area contributed by atoms with Gasteiger partial charge in [-0.2, -0.15) is 0 Å². The summed E-state index contributed by atoms with van der Waals surface area (Å²) < 4.78 is 0. The van der Waals surface area contributed by atoms with Crippen LogP contribution in [0.5, 0.6) is 0 Å². The highest BCUT2D eigenvalue weighted by Crippen LogP contribution is 2.33. The third-order valence-electron chi connectivity index (χ3n) is 3.07. The van der Waals surface area contributed by atoms with Crippen LogP contribution in [0.25, 0.3) is 10.4 Å². The Morgan fingerprint density at radius 3 is 2.50 bits per heavy atom. The van der Waals surface area contributed by atoms with Gasteiger partial charge >= 0.3 is 0 Å². The number of thiophene rings is 1. The second-order valence-electron chi connectivity index (χ2n) is 4.82. The van der Waals surface area contributed by atoms with Gasteiger partial charge in [0.05, 0.1) is 0 Å². The fraction of sp³-hybridized carbons (Fsp3) is 0.375. The lowest BCUT2D eigenvalue weighted by Gasteiger charge is -2.09. The van der Waals surface area contributed by atoms with E-state index in [1.54, 1.807) is 0 Å². The van der Waals surface area contributed by atoms with E-state index >= 15 is 0 Å². The molecule has 18 heavy (non-hydrogen) atoms. The number of hydrogen-bond acceptors (Lipinski definition) is 2. The van der Waals surface area contributed by atoms with Gasteiger partial charge in [-0.25, -0.2) is 0 Å². The molecule has 0 amide bonds. The Morgan fingerprint density at radius 1 is 1.17 bits per heavy atom. The fourth-order valence-corrected chi connectivity index (χ4v) is 3.28. The van der Waals surface area contributed by atoms with Gasteiger partial charge in [0.15, 0.2) is 0 Å². The molecular formula is C16H21NS. The molecule has 0 aliphatic carbocycles. The molecule has 0 aliphatic rings. The van der Waals surface area contributed by atoms with Gasteiger partial charge in [-0.05, 0) is 28.5 Å². The van der Waals surface area contributed by atoms with E-state index in [-0.39, 0.29) is 0 Å². The van der Waals surface area contributed by atoms with Crippen LogP contribution in [0.1, 0.15) is 31.9 Å². The van der Waals surface area contributed by atoms with Gasteiger partial charge in [-0.1, -0.05) is 51.1 Å². The summed E-state index contributed by atoms with van der Waals surface area (Å²) in [5.41, 5.74) is 4.30. The van der Waals surface area contributed by atoms with Crippen molar-refractivity contribution in [1.82, 2.24) is 5.32 Å². The summed E-state index contributed by atoms with van der Waals surface area (Å²) in [5.74, 6) is 0. The number of benzene rings is 1. The molecule has 0 saturated carbocycles. The lowest BCUT2D eigenvalue weighted by Crippen LogP contribution is -2.22. The van der Waals surface area contributed by atoms with Crippen molar-refractivity contribution in [3.63, 3.8) is 0 Å². The van der Waals surface area contributed by atoms with Crippen molar-refractivity contribution >= 4 is 11.3 Å². The maximum Gasteiger partial charge on any atom is 0.0377 e. The molecule has 96 valence electrons. The molecule has 0 spiro atoms. The topological polar surface area (TPSA) is 12.0 Å². The lowest BCUT2D eigenvalue weighted by atomic mass is 10.0. The predicted octanol–water partition coefficient (Wildman–Crippen LogP) is 4.48. The second-order valence-corrected chi connectivity index (χ2v) is 5.70. The number of rotatable bonds is 5. The van der Waals surface area contributed by atoms with E-state index in [2.05, 4.69) is 61.8 Å². The highest BCUT2D eigenvalue weighted by atomic mass is 32.1. The first-order valence-corrected chi connectivity index (χ1v) is 7.48. The van der Waals surface area contributed by atoms with Gasteiger partial charge in [-0.3, -0.25) is 0 Å². The van der Waals surface area contributed by atoms with Crippen molar-refractivity contribution in [2.75, 3.05) is 0 Å². The predicted molar refractivity (Wildman–Crippen MR) is 81.1 cm³/mol. The summed E-state index contributed by atoms with van der Waals surface area (Å²) in [6, 6.07) is 11.2. The molecule has 2 heteroatoms. The summed E-state index contributed by atoms with van der Waals surface area (Å²) in [6.45, 7) is 7.60. The van der Waals surface area contributed by atoms with Crippen LogP contribution >= 0.6 is 11.3 Å². The SMILES string of the molecule is CCc1c(CNC(C)C)csc1-c1ccccc1. The first kappa shape index (κ1) is 13.3. The smallest absolute Gasteiger partial charge is 0.0377 e. The molecule has 1 nitrogen and oxygen atoms in total. The first-order chi connectivity index (χ1) is 8.72. The third-order valence-corrected chi connectivity index (χ3v) is 4.19. The Balaban J connectivity index is 2.27. The molecular weight excluding hydrogens is 238 g/mol. The molecule has 0 saturated heterocycles. The van der Waals surface area contributed by atoms with Crippen molar-refractivity contribution < 1.29 is 0 Å². The molecule has 1 aromatic carbocycles. The van der Waals surface area contributed by atoms with E-state index in [4.69, 9.17) is 0 Å². The van der Waals surface area contributed by atoms with Gasteiger partial charge in [0.1, 0.15) is 0 Å². The molecule has 0 radical (unpaired) electrons. The Kier molecular flexibility index (Phi) is 4.56. The molecule has 0 unspecified atom stereocenters. The zero-order valence-corrected chi connectivity index (χ0v) is 12.2. The van der Waals surface area contributed by atoms with Crippen LogP contribution < -0.4 is 5.32 Å². The summed E-state index contributed by atoms with van der Waals surface area (Å²) in [5, 5.41) is 5.81. The minimum absolute atomic E-state index is 0.537. The minimum Gasteiger partial charge on any atom is -0.310 e. The van der Waals surface area contributed by atoms with E-state index in [0.717, 1.165) is 13.0 Å². The van der Waals surface area contributed by atoms with Gasteiger partial charge in [0.25, 0.3) is 0 Å². The quantitative estimate of drug-likeness (QED) is 0.835. The largest absolute Gasteiger partial charge is 0.310 e. The molecule has 1 N–H and O–H groups in total. The Bertz CT molecular complexity index is 485. The molecule has 1 aromatic heterocycles. The van der Waals surface area contributed by atoms with Crippen molar-refractivity contribution in [3.05, 3.63) is 46.8 Å². The summed E-state index contributed by atoms with van der Waals surface area (Å²) >= 11 is 1.87. The van der Waals surface area contributed by atoms with Crippen LogP contribution in [0.3, 0.4) is 0 Å². The van der Waals surface area contributed by atoms with E-state index in [0.29, 0.717) is 6.04 Å². The minimum atomic E-state index is 0.537. The standard InChI is InChI=1S/C16H21NS/c1-4-15-14(10-17-12(2)3)11-18-16(15)13-8-6-5-7-9-13/h5-9,11-12,17H,4,10H2,1-3H3. The maximum atomic E-state index is 3.51. The van der Waals surface area contributed by atoms with Gasteiger partial charge in [0, 0.05) is 17.5 Å². The van der Waals surface area contributed by atoms with Crippen LogP contribution in [0.2, 0.25) is 0 Å². The zero-order valence-electron chi connectivity index (χ0n) is 11.4. The monoisotopic (exact) mass is 259 g/mol. The van der Waals surface area contributed by atoms with E-state index in [1.807, 2.05) is 11.3 Å². The van der Waals surface area contributed by atoms with E-state index in [1.165, 1.54) is 21.6 Å². The van der Waals surface area contributed by atoms with Crippen LogP contribution in [0.4, 0.5) is 0 Å². The average molecular weight is 259 g/mol. The van der Waals surface area contributed by atoms with Crippen LogP contribution in [-0.2, 0) is 13.0 Å². The van der Waals surface area contributed by atoms with Gasteiger partial charge < -0.3 is 5.32 Å². The van der Waals surface area contributed by atoms with Crippen molar-refractivity contribution in [3.8, 4) is 10.4 Å². The lowest BCUT2D eigenvalue weighted by molar-refractivity contribution is 0.587. The summed E-state index contributed by atoms with van der Waals surface area (Å²) in [4.78, 5) is 1.43. The maximum absolute atomic E-state index is 3.51. The van der Waals surface area contributed by atoms with E-state index < -0.39 is 0 Å². The zero-order chi connectivity index (χ0) is 13.0. The summed E-state index contributed by atoms with van der Waals surface area (Å²) in [7, 11) is 0. The highest BCUT2D eigenvalue weighted by Gasteiger charge is 2.11. The number of hydrogen-bond donors (Lipinski definition) is 1. The molecule has 2 aromatic rings. The van der Waals surface area contributed by atoms with Crippen molar-refractivity contribution in [1.29, 1.82) is 0 Å². The van der Waals surface area contributed by atoms with Crippen molar-refractivity contribution in [2.45, 2.75) is 39.8 Å². The Morgan fingerprint density at radius 2 is 1.89 bits per heavy atom. The molecule has 0 fully saturated rings. The van der Waals surface area contributed by atoms with Crippen LogP contribution in [0.15, 0.2) is 35.7 Å². The van der Waals surface area contributed by atoms with Crippen molar-refractivity contribution in [2.24, 2.45) is 0 Å². The molecule has 0 aliphatic heterocycles. The second kappa shape index (κ2) is 6.17. The highest BCUT2D eigenvalue weighted by molar-refractivity contribution is 7.14. The van der Waals surface area contributed by atoms with Gasteiger partial charge in [-0.15, -0.1) is 11.3 Å². The molecule has 0 atom stereocenters. The third kappa shape index (κ3) is 3.01. The van der Waals surface area contributed by atoms with Crippen LogP contribution in [0, 0.1) is 0 Å². The van der Waals surface area contributed by atoms with E-state index in [9.17, 15) is 0 Å². The Hall–Kier alpha value is -1.12. The average Bonchev–Trinajstić information content (AvgIpc) is 2.80. The van der Waals surface area contributed by atoms with Crippen LogP contribution in [-0.4, -0.2) is 6.04 Å². The Labute approximate surface area is 114 Å². The fourth-order valence-electron chi connectivity index (χ4n) is 2.10. The molecule has 0 bridgehead atoms. The van der Waals surface area contributed by atoms with Gasteiger partial charge in [0.2, 0.25) is 0 Å².